The normalized spacial score (nSPS) is 20.8. The molecule has 2 saturated carbocycles. The van der Waals surface area contributed by atoms with Gasteiger partial charge in [-0.1, -0.05) is 24.3 Å². The fraction of sp³-hybridized carbons (Fsp3) is 0.447. The van der Waals surface area contributed by atoms with Gasteiger partial charge in [0.2, 0.25) is 0 Å². The lowest BCUT2D eigenvalue weighted by atomic mass is 9.59. The summed E-state index contributed by atoms with van der Waals surface area (Å²) in [6.45, 7) is 6.75. The van der Waals surface area contributed by atoms with Gasteiger partial charge in [0.25, 0.3) is 21.6 Å². The van der Waals surface area contributed by atoms with Crippen molar-refractivity contribution < 1.29 is 27.6 Å². The summed E-state index contributed by atoms with van der Waals surface area (Å²) < 4.78 is 41.3. The molecular formula is C47H54N8O7S. The van der Waals surface area contributed by atoms with Crippen LogP contribution in [0.1, 0.15) is 84.8 Å². The zero-order valence-electron chi connectivity index (χ0n) is 35.3. The minimum Gasteiger partial charge on any atom is -0.455 e. The number of piperidine rings is 1. The number of hydrogen-bond donors (Lipinski definition) is 3. The SMILES string of the molecule is O=C(NS(=O)(=O)c1ccc(NCCN2CCOCC2)c([N+](=O)[O-])c1)c1ccc(N2CCC3(CC2)CC(N2CCCC2c2ccccc2C2CC2)C3)cc1Oc1cnc2[nH]ccc2c1. The molecule has 5 fully saturated rings. The molecular weight excluding hydrogens is 821 g/mol. The number of amides is 1. The third-order valence-electron chi connectivity index (χ3n) is 14.0. The number of nitrogens with zero attached hydrogens (tertiary/aromatic N) is 5. The first-order valence-corrected chi connectivity index (χ1v) is 23.8. The number of carbonyl (C=O) groups excluding carboxylic acids is 1. The monoisotopic (exact) mass is 874 g/mol. The van der Waals surface area contributed by atoms with E-state index in [1.165, 1.54) is 57.2 Å². The average Bonchev–Trinajstić information content (AvgIpc) is 3.83. The van der Waals surface area contributed by atoms with Gasteiger partial charge in [-0.25, -0.2) is 18.1 Å². The average molecular weight is 875 g/mol. The van der Waals surface area contributed by atoms with Crippen LogP contribution in [0.5, 0.6) is 11.5 Å². The molecule has 10 rings (SSSR count). The highest BCUT2D eigenvalue weighted by Gasteiger charge is 2.50. The Hall–Kier alpha value is -5.55. The molecule has 330 valence electrons. The summed E-state index contributed by atoms with van der Waals surface area (Å²) in [5.41, 5.74) is 4.77. The molecule has 0 bridgehead atoms. The van der Waals surface area contributed by atoms with Crippen molar-refractivity contribution in [2.24, 2.45) is 5.41 Å². The van der Waals surface area contributed by atoms with E-state index < -0.39 is 31.4 Å². The summed E-state index contributed by atoms with van der Waals surface area (Å²) in [5, 5.41) is 16.0. The maximum absolute atomic E-state index is 14.0. The zero-order chi connectivity index (χ0) is 43.1. The fourth-order valence-corrected chi connectivity index (χ4v) is 11.4. The fourth-order valence-electron chi connectivity index (χ4n) is 10.4. The number of ether oxygens (including phenoxy) is 2. The third-order valence-corrected chi connectivity index (χ3v) is 15.4. The van der Waals surface area contributed by atoms with E-state index >= 15 is 0 Å². The van der Waals surface area contributed by atoms with Crippen LogP contribution >= 0.6 is 0 Å². The number of sulfonamides is 1. The summed E-state index contributed by atoms with van der Waals surface area (Å²) in [6.07, 6.45) is 13.0. The van der Waals surface area contributed by atoms with E-state index in [1.54, 1.807) is 41.7 Å². The number of likely N-dealkylation sites (tertiary alicyclic amines) is 1. The van der Waals surface area contributed by atoms with Gasteiger partial charge >= 0.3 is 0 Å². The van der Waals surface area contributed by atoms with Crippen molar-refractivity contribution in [2.45, 2.75) is 74.3 Å². The van der Waals surface area contributed by atoms with Crippen LogP contribution in [-0.2, 0) is 14.8 Å². The minimum absolute atomic E-state index is 0.00821. The van der Waals surface area contributed by atoms with E-state index in [0.29, 0.717) is 55.2 Å². The maximum atomic E-state index is 14.0. The summed E-state index contributed by atoms with van der Waals surface area (Å²) in [5.74, 6) is 0.358. The number of hydrogen-bond acceptors (Lipinski definition) is 12. The lowest BCUT2D eigenvalue weighted by Crippen LogP contribution is -2.54. The van der Waals surface area contributed by atoms with Crippen molar-refractivity contribution in [3.05, 3.63) is 112 Å². The number of rotatable bonds is 14. The van der Waals surface area contributed by atoms with E-state index in [9.17, 15) is 23.3 Å². The quantitative estimate of drug-likeness (QED) is 0.0738. The van der Waals surface area contributed by atoms with Crippen LogP contribution in [0.25, 0.3) is 11.0 Å². The second kappa shape index (κ2) is 17.2. The largest absolute Gasteiger partial charge is 0.455 e. The molecule has 2 aliphatic carbocycles. The number of nitro groups is 1. The number of carbonyl (C=O) groups is 1. The lowest BCUT2D eigenvalue weighted by Gasteiger charge is -2.56. The van der Waals surface area contributed by atoms with E-state index in [2.05, 4.69) is 59.0 Å². The van der Waals surface area contributed by atoms with Crippen molar-refractivity contribution in [1.29, 1.82) is 0 Å². The van der Waals surface area contributed by atoms with Crippen molar-refractivity contribution in [2.75, 3.05) is 69.2 Å². The Bertz CT molecular complexity index is 2610. The first-order valence-electron chi connectivity index (χ1n) is 22.4. The predicted molar refractivity (Wildman–Crippen MR) is 240 cm³/mol. The lowest BCUT2D eigenvalue weighted by molar-refractivity contribution is -0.384. The number of aromatic nitrogens is 2. The van der Waals surface area contributed by atoms with Gasteiger partial charge in [0.1, 0.15) is 22.8 Å². The molecule has 2 aromatic heterocycles. The summed E-state index contributed by atoms with van der Waals surface area (Å²) in [6, 6.07) is 22.7. The summed E-state index contributed by atoms with van der Waals surface area (Å²) >= 11 is 0. The van der Waals surface area contributed by atoms with Crippen molar-refractivity contribution in [3.8, 4) is 11.5 Å². The van der Waals surface area contributed by atoms with Crippen LogP contribution < -0.4 is 19.7 Å². The van der Waals surface area contributed by atoms with Crippen molar-refractivity contribution >= 4 is 44.0 Å². The van der Waals surface area contributed by atoms with Gasteiger partial charge in [0.15, 0.2) is 0 Å². The smallest absolute Gasteiger partial charge is 0.293 e. The Balaban J connectivity index is 0.832. The Morgan fingerprint density at radius 1 is 0.952 bits per heavy atom. The van der Waals surface area contributed by atoms with Crippen molar-refractivity contribution in [1.82, 2.24) is 24.5 Å². The first kappa shape index (κ1) is 41.5. The number of nitrogens with one attached hydrogen (secondary N) is 3. The predicted octanol–water partition coefficient (Wildman–Crippen LogP) is 7.59. The standard InChI is InChI=1S/C47H54N8O7S/c56-46(51-63(59,60)37-10-12-41(43(28-37)55(57)58)48-17-21-52-22-24-61-25-23-52)40-11-9-34(27-44(40)62-36-26-33-13-16-49-45(33)50-31-36)53-19-14-47(15-20-53)29-35(30-47)54-18-3-6-42(54)39-5-2-1-4-38(39)32-7-8-32/h1-2,4-5,9-13,16,26-28,31-32,35,42,48H,3,6-8,14-15,17-25,29-30H2,(H,49,50)(H,51,56). The molecule has 5 aliphatic rings. The molecule has 3 N–H and O–H groups in total. The Morgan fingerprint density at radius 2 is 1.75 bits per heavy atom. The molecule has 1 atom stereocenters. The third kappa shape index (κ3) is 8.73. The zero-order valence-corrected chi connectivity index (χ0v) is 36.2. The van der Waals surface area contributed by atoms with Crippen LogP contribution in [0.2, 0.25) is 0 Å². The van der Waals surface area contributed by atoms with Crippen LogP contribution in [0.3, 0.4) is 0 Å². The van der Waals surface area contributed by atoms with E-state index in [0.717, 1.165) is 62.1 Å². The van der Waals surface area contributed by atoms with Gasteiger partial charge in [-0.3, -0.25) is 24.7 Å². The molecule has 3 aromatic carbocycles. The van der Waals surface area contributed by atoms with E-state index in [1.807, 2.05) is 12.1 Å². The topological polar surface area (TPSA) is 175 Å². The Labute approximate surface area is 367 Å². The number of fused-ring (bicyclic) bond motifs is 1. The van der Waals surface area contributed by atoms with Gasteiger partial charge in [-0.2, -0.15) is 0 Å². The van der Waals surface area contributed by atoms with Gasteiger partial charge < -0.3 is 24.7 Å². The number of aromatic amines is 1. The molecule has 3 saturated heterocycles. The highest BCUT2D eigenvalue weighted by Crippen LogP contribution is 2.55. The van der Waals surface area contributed by atoms with E-state index in [-0.39, 0.29) is 17.0 Å². The maximum Gasteiger partial charge on any atom is 0.293 e. The molecule has 1 unspecified atom stereocenters. The van der Waals surface area contributed by atoms with Gasteiger partial charge in [-0.05, 0) is 117 Å². The van der Waals surface area contributed by atoms with Crippen LogP contribution in [0.4, 0.5) is 17.1 Å². The molecule has 16 heteroatoms. The number of benzene rings is 3. The Morgan fingerprint density at radius 3 is 2.52 bits per heavy atom. The number of H-pyrrole nitrogens is 1. The minimum atomic E-state index is -4.54. The number of nitro benzene ring substituents is 1. The van der Waals surface area contributed by atoms with Crippen LogP contribution in [0.15, 0.2) is 90.1 Å². The Kier molecular flexibility index (Phi) is 11.3. The highest BCUT2D eigenvalue weighted by molar-refractivity contribution is 7.90. The molecule has 5 aromatic rings. The molecule has 1 amide bonds. The van der Waals surface area contributed by atoms with Gasteiger partial charge in [-0.15, -0.1) is 0 Å². The van der Waals surface area contributed by atoms with Crippen LogP contribution in [0, 0.1) is 15.5 Å². The number of morpholine rings is 1. The molecule has 5 heterocycles. The highest BCUT2D eigenvalue weighted by atomic mass is 32.2. The summed E-state index contributed by atoms with van der Waals surface area (Å²) in [7, 11) is -4.54. The molecule has 3 aliphatic heterocycles. The van der Waals surface area contributed by atoms with Crippen LogP contribution in [-0.4, -0.2) is 104 Å². The molecule has 63 heavy (non-hydrogen) atoms. The van der Waals surface area contributed by atoms with Gasteiger partial charge in [0, 0.05) is 80.8 Å². The number of pyridine rings is 1. The van der Waals surface area contributed by atoms with Crippen molar-refractivity contribution in [3.63, 3.8) is 0 Å². The second-order valence-electron chi connectivity index (χ2n) is 18.0. The molecule has 15 nitrogen and oxygen atoms in total. The number of anilines is 2. The molecule has 1 spiro atoms. The molecule has 0 radical (unpaired) electrons. The first-order chi connectivity index (χ1) is 30.6. The summed E-state index contributed by atoms with van der Waals surface area (Å²) in [4.78, 5) is 39.8. The van der Waals surface area contributed by atoms with E-state index in [4.69, 9.17) is 9.47 Å². The van der Waals surface area contributed by atoms with Gasteiger partial charge in [0.05, 0.1) is 34.8 Å². The second-order valence-corrected chi connectivity index (χ2v) is 19.7.